The van der Waals surface area contributed by atoms with E-state index < -0.39 is 6.10 Å². The van der Waals surface area contributed by atoms with Crippen molar-refractivity contribution >= 4 is 32.7 Å². The molecule has 0 aliphatic carbocycles. The maximum absolute atomic E-state index is 11.1. The number of hydrogen-bond donors (Lipinski definition) is 1. The molecule has 8 heteroatoms. The molecule has 0 bridgehead atoms. The number of likely N-dealkylation sites (N-methyl/N-ethyl adjacent to an activating group) is 1. The van der Waals surface area contributed by atoms with Gasteiger partial charge in [0.1, 0.15) is 0 Å². The van der Waals surface area contributed by atoms with Crippen LogP contribution in [-0.2, 0) is 59.8 Å². The predicted molar refractivity (Wildman–Crippen MR) is 236 cm³/mol. The van der Waals surface area contributed by atoms with Gasteiger partial charge >= 0.3 is 0 Å². The third kappa shape index (κ3) is 6.35. The fourth-order valence-corrected chi connectivity index (χ4v) is 10.3. The Morgan fingerprint density at radius 2 is 1.47 bits per heavy atom. The molecule has 1 N–H and O–H groups in total. The van der Waals surface area contributed by atoms with Crippen LogP contribution in [0.15, 0.2) is 97.6 Å². The van der Waals surface area contributed by atoms with E-state index in [1.165, 1.54) is 88.6 Å². The second kappa shape index (κ2) is 14.7. The number of aliphatic hydroxyl groups is 1. The Morgan fingerprint density at radius 1 is 0.724 bits per heavy atom. The van der Waals surface area contributed by atoms with Crippen molar-refractivity contribution in [3.05, 3.63) is 142 Å². The van der Waals surface area contributed by atoms with Crippen molar-refractivity contribution in [2.75, 3.05) is 33.2 Å². The molecule has 2 aliphatic rings. The van der Waals surface area contributed by atoms with Crippen molar-refractivity contribution in [3.8, 4) is 22.4 Å². The van der Waals surface area contributed by atoms with E-state index in [0.717, 1.165) is 69.7 Å². The van der Waals surface area contributed by atoms with Gasteiger partial charge in [-0.3, -0.25) is 14.9 Å². The summed E-state index contributed by atoms with van der Waals surface area (Å²) < 4.78 is 7.07. The molecule has 58 heavy (non-hydrogen) atoms. The molecule has 8 nitrogen and oxygen atoms in total. The maximum atomic E-state index is 11.1. The summed E-state index contributed by atoms with van der Waals surface area (Å²) in [6.07, 6.45) is 11.9. The molecular formula is C50H53N7O. The van der Waals surface area contributed by atoms with E-state index >= 15 is 0 Å². The van der Waals surface area contributed by atoms with Gasteiger partial charge < -0.3 is 23.7 Å². The van der Waals surface area contributed by atoms with E-state index in [1.54, 1.807) is 12.4 Å². The van der Waals surface area contributed by atoms with Crippen LogP contribution in [0.1, 0.15) is 50.9 Å². The quantitative estimate of drug-likeness (QED) is 0.176. The zero-order chi connectivity index (χ0) is 39.7. The number of pyridine rings is 2. The Kier molecular flexibility index (Phi) is 9.31. The molecule has 7 heterocycles. The van der Waals surface area contributed by atoms with Crippen molar-refractivity contribution in [3.63, 3.8) is 0 Å². The van der Waals surface area contributed by atoms with Crippen LogP contribution in [0.5, 0.6) is 0 Å². The molecule has 1 atom stereocenters. The monoisotopic (exact) mass is 767 g/mol. The van der Waals surface area contributed by atoms with Crippen LogP contribution in [-0.4, -0.2) is 71.8 Å². The second-order valence-corrected chi connectivity index (χ2v) is 17.0. The number of aliphatic hydroxyl groups excluding tert-OH is 1. The third-order valence-corrected chi connectivity index (χ3v) is 13.3. The third-order valence-electron chi connectivity index (χ3n) is 13.3. The minimum absolute atomic E-state index is 0.570. The number of aromatic nitrogens is 5. The maximum Gasteiger partial charge on any atom is 0.0832 e. The van der Waals surface area contributed by atoms with Gasteiger partial charge in [-0.25, -0.2) is 0 Å². The molecular weight excluding hydrogens is 715 g/mol. The molecule has 5 aromatic heterocycles. The van der Waals surface area contributed by atoms with Crippen LogP contribution in [0.4, 0.5) is 0 Å². The number of rotatable bonds is 7. The van der Waals surface area contributed by atoms with Gasteiger partial charge in [0.25, 0.3) is 0 Å². The zero-order valence-corrected chi connectivity index (χ0v) is 34.5. The second-order valence-electron chi connectivity index (χ2n) is 17.0. The summed E-state index contributed by atoms with van der Waals surface area (Å²) in [7, 11) is 8.84. The number of fused-ring (bicyclic) bond motifs is 7. The highest BCUT2D eigenvalue weighted by Gasteiger charge is 2.26. The lowest BCUT2D eigenvalue weighted by Gasteiger charge is -2.21. The van der Waals surface area contributed by atoms with Crippen molar-refractivity contribution in [2.24, 2.45) is 21.1 Å². The van der Waals surface area contributed by atoms with Gasteiger partial charge in [0.15, 0.2) is 0 Å². The average Bonchev–Trinajstić information content (AvgIpc) is 3.68. The first-order valence-corrected chi connectivity index (χ1v) is 20.9. The topological polar surface area (TPSA) is 67.3 Å². The molecule has 8 aromatic rings. The first kappa shape index (κ1) is 36.8. The van der Waals surface area contributed by atoms with Gasteiger partial charge in [-0.2, -0.15) is 0 Å². The van der Waals surface area contributed by atoms with Gasteiger partial charge in [-0.05, 0) is 114 Å². The summed E-state index contributed by atoms with van der Waals surface area (Å²) in [5, 5.41) is 15.1. The summed E-state index contributed by atoms with van der Waals surface area (Å²) in [5.74, 6) is 0. The Bertz CT molecular complexity index is 2840. The zero-order valence-electron chi connectivity index (χ0n) is 34.5. The molecule has 1 unspecified atom stereocenters. The van der Waals surface area contributed by atoms with Gasteiger partial charge in [-0.15, -0.1) is 0 Å². The van der Waals surface area contributed by atoms with Crippen molar-refractivity contribution in [1.29, 1.82) is 0 Å². The van der Waals surface area contributed by atoms with E-state index in [1.807, 2.05) is 12.1 Å². The average molecular weight is 768 g/mol. The van der Waals surface area contributed by atoms with E-state index in [4.69, 9.17) is 4.98 Å². The summed E-state index contributed by atoms with van der Waals surface area (Å²) in [6, 6.07) is 26.7. The van der Waals surface area contributed by atoms with Gasteiger partial charge in [-0.1, -0.05) is 24.3 Å². The van der Waals surface area contributed by atoms with Crippen LogP contribution in [0, 0.1) is 6.92 Å². The first-order valence-electron chi connectivity index (χ1n) is 20.9. The lowest BCUT2D eigenvalue weighted by atomic mass is 9.94. The highest BCUT2D eigenvalue weighted by molar-refractivity contribution is 6.01. The highest BCUT2D eigenvalue weighted by atomic mass is 16.3. The normalized spacial score (nSPS) is 15.8. The Hall–Kier alpha value is -5.54. The molecule has 0 spiro atoms. The van der Waals surface area contributed by atoms with E-state index in [-0.39, 0.29) is 0 Å². The van der Waals surface area contributed by atoms with E-state index in [9.17, 15) is 5.11 Å². The molecule has 0 radical (unpaired) electrons. The molecule has 0 fully saturated rings. The van der Waals surface area contributed by atoms with Crippen LogP contribution in [0.3, 0.4) is 0 Å². The molecule has 2 aliphatic heterocycles. The molecule has 3 aromatic carbocycles. The molecule has 0 amide bonds. The predicted octanol–water partition coefficient (Wildman–Crippen LogP) is 8.50. The number of nitrogens with zero attached hydrogens (tertiary/aromatic N) is 7. The number of hydrogen-bond acceptors (Lipinski definition) is 5. The largest absolute Gasteiger partial charge is 0.388 e. The van der Waals surface area contributed by atoms with Crippen LogP contribution >= 0.6 is 0 Å². The summed E-state index contributed by atoms with van der Waals surface area (Å²) >= 11 is 0. The van der Waals surface area contributed by atoms with Crippen LogP contribution < -0.4 is 0 Å². The smallest absolute Gasteiger partial charge is 0.0832 e. The molecule has 0 saturated carbocycles. The van der Waals surface area contributed by atoms with Crippen LogP contribution in [0.2, 0.25) is 0 Å². The first-order chi connectivity index (χ1) is 28.2. The van der Waals surface area contributed by atoms with Gasteiger partial charge in [0, 0.05) is 142 Å². The fraction of sp³-hybridized carbons (Fsp3) is 0.320. The number of aryl methyl sites for hydroxylation is 4. The SMILES string of the molecule is Cc1cc(-c2ncc(CN3CCc4c(n(C)c5c(CC(O)c6ccncc6)cccc45)CC3)cc2-c2ccc3c(ccn3C)c2)c2c(c1)c1c(n2C)CCN(C)CC1. The summed E-state index contributed by atoms with van der Waals surface area (Å²) in [6.45, 7) is 7.20. The minimum atomic E-state index is -0.570. The molecule has 294 valence electrons. The van der Waals surface area contributed by atoms with Crippen LogP contribution in [0.25, 0.3) is 55.1 Å². The van der Waals surface area contributed by atoms with Gasteiger partial charge in [0.05, 0.1) is 22.8 Å². The Morgan fingerprint density at radius 3 is 2.31 bits per heavy atom. The van der Waals surface area contributed by atoms with E-state index in [2.05, 4.69) is 137 Å². The van der Waals surface area contributed by atoms with E-state index in [0.29, 0.717) is 6.42 Å². The Balaban J connectivity index is 0.993. The lowest BCUT2D eigenvalue weighted by molar-refractivity contribution is 0.178. The van der Waals surface area contributed by atoms with Crippen molar-refractivity contribution in [1.82, 2.24) is 33.5 Å². The van der Waals surface area contributed by atoms with Crippen molar-refractivity contribution in [2.45, 2.75) is 51.7 Å². The minimum Gasteiger partial charge on any atom is -0.388 e. The number of benzene rings is 3. The fourth-order valence-electron chi connectivity index (χ4n) is 10.3. The summed E-state index contributed by atoms with van der Waals surface area (Å²) in [4.78, 5) is 14.6. The molecule has 10 rings (SSSR count). The summed E-state index contributed by atoms with van der Waals surface area (Å²) in [5.41, 5.74) is 18.9. The number of para-hydroxylation sites is 1. The van der Waals surface area contributed by atoms with Crippen molar-refractivity contribution < 1.29 is 5.11 Å². The van der Waals surface area contributed by atoms with Gasteiger partial charge in [0.2, 0.25) is 0 Å². The standard InChI is InChI=1S/C50H53N7O/c1-32-25-42-39-14-20-53(2)21-16-45(39)56(5)50(42)43(26-32)48-41(35-9-10-44-36(28-35)13-22-54(44)3)27-33(30-52-48)31-57-23-15-38-40-8-6-7-37(49(40)55(4)46(38)17-24-57)29-47(58)34-11-18-51-19-12-34/h6-13,18-19,22,25-28,30,47,58H,14-17,20-21,23-24,29,31H2,1-5H3. The Labute approximate surface area is 341 Å². The lowest BCUT2D eigenvalue weighted by Crippen LogP contribution is -2.26. The highest BCUT2D eigenvalue weighted by Crippen LogP contribution is 2.41. The molecule has 0 saturated heterocycles.